The average Bonchev–Trinajstić information content (AvgIpc) is 3.31. The molecule has 0 aliphatic rings. The number of aromatic nitrogens is 2. The summed E-state index contributed by atoms with van der Waals surface area (Å²) >= 11 is 1.48. The van der Waals surface area contributed by atoms with Crippen molar-refractivity contribution in [3.05, 3.63) is 77.4 Å². The van der Waals surface area contributed by atoms with Crippen molar-refractivity contribution >= 4 is 34.3 Å². The lowest BCUT2D eigenvalue weighted by Gasteiger charge is -2.09. The van der Waals surface area contributed by atoms with Crippen LogP contribution in [0.4, 0.5) is 0 Å². The van der Waals surface area contributed by atoms with Gasteiger partial charge in [-0.1, -0.05) is 24.3 Å². The van der Waals surface area contributed by atoms with Gasteiger partial charge < -0.3 is 14.2 Å². The Hall–Kier alpha value is -3.71. The SMILES string of the molecule is CCOc1ccc(-c2nc(COC(=O)/C=C/c3ccc4ccccc4n3)cs2)cc1OC. The molecule has 0 bridgehead atoms. The topological polar surface area (TPSA) is 70.5 Å². The molecule has 2 heterocycles. The van der Waals surface area contributed by atoms with Crippen molar-refractivity contribution in [1.82, 2.24) is 9.97 Å². The first-order valence-electron chi connectivity index (χ1n) is 10.1. The van der Waals surface area contributed by atoms with Gasteiger partial charge in [-0.25, -0.2) is 14.8 Å². The van der Waals surface area contributed by atoms with Gasteiger partial charge in [0.25, 0.3) is 0 Å². The van der Waals surface area contributed by atoms with Gasteiger partial charge in [-0.05, 0) is 43.3 Å². The van der Waals surface area contributed by atoms with Crippen LogP contribution in [0.5, 0.6) is 11.5 Å². The van der Waals surface area contributed by atoms with Gasteiger partial charge in [-0.3, -0.25) is 0 Å². The molecular weight excluding hydrogens is 424 g/mol. The molecule has 2 aromatic carbocycles. The van der Waals surface area contributed by atoms with Gasteiger partial charge in [0.05, 0.1) is 30.6 Å². The molecule has 0 saturated heterocycles. The summed E-state index contributed by atoms with van der Waals surface area (Å²) in [4.78, 5) is 21.2. The van der Waals surface area contributed by atoms with Gasteiger partial charge in [0, 0.05) is 22.4 Å². The Morgan fingerprint density at radius 2 is 1.94 bits per heavy atom. The van der Waals surface area contributed by atoms with E-state index in [4.69, 9.17) is 14.2 Å². The van der Waals surface area contributed by atoms with E-state index >= 15 is 0 Å². The number of nitrogens with zero attached hydrogens (tertiary/aromatic N) is 2. The zero-order valence-corrected chi connectivity index (χ0v) is 18.6. The lowest BCUT2D eigenvalue weighted by atomic mass is 10.2. The van der Waals surface area contributed by atoms with Crippen LogP contribution in [0.25, 0.3) is 27.6 Å². The summed E-state index contributed by atoms with van der Waals surface area (Å²) in [6.45, 7) is 2.59. The molecule has 32 heavy (non-hydrogen) atoms. The third kappa shape index (κ3) is 5.12. The van der Waals surface area contributed by atoms with Crippen molar-refractivity contribution in [2.45, 2.75) is 13.5 Å². The number of hydrogen-bond donors (Lipinski definition) is 0. The first kappa shape index (κ1) is 21.5. The van der Waals surface area contributed by atoms with Crippen LogP contribution in [0, 0.1) is 0 Å². The number of carbonyl (C=O) groups excluding carboxylic acids is 1. The normalized spacial score (nSPS) is 11.1. The predicted octanol–water partition coefficient (Wildman–Crippen LogP) is 5.52. The summed E-state index contributed by atoms with van der Waals surface area (Å²) in [5.74, 6) is 0.898. The summed E-state index contributed by atoms with van der Waals surface area (Å²) in [6.07, 6.45) is 3.02. The van der Waals surface area contributed by atoms with Gasteiger partial charge in [0.15, 0.2) is 11.5 Å². The van der Waals surface area contributed by atoms with E-state index < -0.39 is 5.97 Å². The largest absolute Gasteiger partial charge is 0.493 e. The quantitative estimate of drug-likeness (QED) is 0.262. The maximum Gasteiger partial charge on any atom is 0.331 e. The van der Waals surface area contributed by atoms with E-state index in [1.807, 2.05) is 66.9 Å². The van der Waals surface area contributed by atoms with E-state index in [9.17, 15) is 4.79 Å². The number of benzene rings is 2. The zero-order chi connectivity index (χ0) is 22.3. The fourth-order valence-corrected chi connectivity index (χ4v) is 3.90. The van der Waals surface area contributed by atoms with Crippen molar-refractivity contribution in [3.63, 3.8) is 0 Å². The lowest BCUT2D eigenvalue weighted by Crippen LogP contribution is -2.01. The number of fused-ring (bicyclic) bond motifs is 1. The fraction of sp³-hybridized carbons (Fsp3) is 0.160. The Morgan fingerprint density at radius 3 is 2.78 bits per heavy atom. The average molecular weight is 447 g/mol. The predicted molar refractivity (Wildman–Crippen MR) is 126 cm³/mol. The summed E-state index contributed by atoms with van der Waals surface area (Å²) < 4.78 is 16.3. The van der Waals surface area contributed by atoms with Crippen molar-refractivity contribution < 1.29 is 19.0 Å². The molecule has 0 atom stereocenters. The van der Waals surface area contributed by atoms with Gasteiger partial charge in [-0.15, -0.1) is 11.3 Å². The second kappa shape index (κ2) is 10.1. The number of esters is 1. The van der Waals surface area contributed by atoms with Crippen LogP contribution in [0.2, 0.25) is 0 Å². The molecule has 0 spiro atoms. The van der Waals surface area contributed by atoms with Crippen LogP contribution in [-0.4, -0.2) is 29.7 Å². The highest BCUT2D eigenvalue weighted by atomic mass is 32.1. The maximum absolute atomic E-state index is 12.1. The molecule has 2 aromatic heterocycles. The number of pyridine rings is 1. The van der Waals surface area contributed by atoms with Crippen molar-refractivity contribution in [2.24, 2.45) is 0 Å². The minimum Gasteiger partial charge on any atom is -0.493 e. The van der Waals surface area contributed by atoms with Crippen LogP contribution < -0.4 is 9.47 Å². The van der Waals surface area contributed by atoms with Crippen molar-refractivity contribution in [3.8, 4) is 22.1 Å². The van der Waals surface area contributed by atoms with Crippen molar-refractivity contribution in [1.29, 1.82) is 0 Å². The third-order valence-corrected chi connectivity index (χ3v) is 5.57. The molecule has 4 rings (SSSR count). The number of methoxy groups -OCH3 is 1. The Bertz CT molecular complexity index is 1270. The second-order valence-electron chi connectivity index (χ2n) is 6.81. The molecule has 162 valence electrons. The minimum absolute atomic E-state index is 0.0962. The molecule has 0 aliphatic carbocycles. The molecular formula is C25H22N2O4S. The number of ether oxygens (including phenoxy) is 3. The Kier molecular flexibility index (Phi) is 6.77. The van der Waals surface area contributed by atoms with Gasteiger partial charge in [0.1, 0.15) is 11.6 Å². The molecule has 0 fully saturated rings. The number of thiazole rings is 1. The van der Waals surface area contributed by atoms with E-state index in [2.05, 4.69) is 9.97 Å². The molecule has 0 aliphatic heterocycles. The first-order valence-corrected chi connectivity index (χ1v) is 11.0. The van der Waals surface area contributed by atoms with Crippen LogP contribution in [0.3, 0.4) is 0 Å². The molecule has 6 nitrogen and oxygen atoms in total. The fourth-order valence-electron chi connectivity index (χ4n) is 3.10. The van der Waals surface area contributed by atoms with Gasteiger partial charge in [0.2, 0.25) is 0 Å². The summed E-state index contributed by atoms with van der Waals surface area (Å²) in [6, 6.07) is 17.4. The summed E-state index contributed by atoms with van der Waals surface area (Å²) in [5.41, 5.74) is 3.17. The van der Waals surface area contributed by atoms with E-state index in [0.717, 1.165) is 21.5 Å². The zero-order valence-electron chi connectivity index (χ0n) is 17.8. The maximum atomic E-state index is 12.1. The Balaban J connectivity index is 1.37. The van der Waals surface area contributed by atoms with E-state index in [-0.39, 0.29) is 6.61 Å². The third-order valence-electron chi connectivity index (χ3n) is 4.63. The second-order valence-corrected chi connectivity index (χ2v) is 7.67. The highest BCUT2D eigenvalue weighted by Gasteiger charge is 2.11. The van der Waals surface area contributed by atoms with Crippen LogP contribution in [0.15, 0.2) is 66.1 Å². The summed E-state index contributed by atoms with van der Waals surface area (Å²) in [7, 11) is 1.61. The van der Waals surface area contributed by atoms with E-state index in [0.29, 0.717) is 29.5 Å². The number of carbonyl (C=O) groups is 1. The molecule has 0 saturated carbocycles. The molecule has 0 amide bonds. The van der Waals surface area contributed by atoms with Gasteiger partial charge in [-0.2, -0.15) is 0 Å². The smallest absolute Gasteiger partial charge is 0.331 e. The van der Waals surface area contributed by atoms with Crippen LogP contribution in [-0.2, 0) is 16.1 Å². The number of para-hydroxylation sites is 1. The first-order chi connectivity index (χ1) is 15.7. The van der Waals surface area contributed by atoms with Crippen LogP contribution >= 0.6 is 11.3 Å². The Labute approximate surface area is 190 Å². The Morgan fingerprint density at radius 1 is 1.06 bits per heavy atom. The lowest BCUT2D eigenvalue weighted by molar-refractivity contribution is -0.139. The van der Waals surface area contributed by atoms with E-state index in [1.165, 1.54) is 17.4 Å². The molecule has 7 heteroatoms. The monoisotopic (exact) mass is 446 g/mol. The van der Waals surface area contributed by atoms with Crippen molar-refractivity contribution in [2.75, 3.05) is 13.7 Å². The number of rotatable bonds is 8. The van der Waals surface area contributed by atoms with E-state index in [1.54, 1.807) is 13.2 Å². The molecule has 0 unspecified atom stereocenters. The highest BCUT2D eigenvalue weighted by molar-refractivity contribution is 7.13. The molecule has 4 aromatic rings. The number of hydrogen-bond acceptors (Lipinski definition) is 7. The standard InChI is InChI=1S/C25H22N2O4S/c1-3-30-22-12-9-18(14-23(22)29-2)25-27-20(16-32-25)15-31-24(28)13-11-19-10-8-17-6-4-5-7-21(17)26-19/h4-14,16H,3,15H2,1-2H3/b13-11+. The molecule has 0 radical (unpaired) electrons. The summed E-state index contributed by atoms with van der Waals surface area (Å²) in [5, 5.41) is 3.74. The van der Waals surface area contributed by atoms with Gasteiger partial charge >= 0.3 is 5.97 Å². The van der Waals surface area contributed by atoms with Crippen LogP contribution in [0.1, 0.15) is 18.3 Å². The molecule has 0 N–H and O–H groups in total. The minimum atomic E-state index is -0.447. The highest BCUT2D eigenvalue weighted by Crippen LogP contribution is 2.33.